The third-order valence-corrected chi connectivity index (χ3v) is 7.01. The van der Waals surface area contributed by atoms with Crippen molar-refractivity contribution in [2.75, 3.05) is 38.1 Å². The van der Waals surface area contributed by atoms with Crippen LogP contribution in [0.4, 0.5) is 5.69 Å². The Morgan fingerprint density at radius 2 is 1.80 bits per heavy atom. The van der Waals surface area contributed by atoms with E-state index in [1.807, 2.05) is 31.3 Å². The molecule has 1 heterocycles. The molecule has 5 nitrogen and oxygen atoms in total. The Labute approximate surface area is 209 Å². The summed E-state index contributed by atoms with van der Waals surface area (Å²) in [4.78, 5) is 5.01. The van der Waals surface area contributed by atoms with Crippen LogP contribution in [-0.2, 0) is 0 Å². The zero-order valence-electron chi connectivity index (χ0n) is 21.0. The normalized spacial score (nSPS) is 17.0. The van der Waals surface area contributed by atoms with Crippen molar-refractivity contribution in [3.05, 3.63) is 107 Å². The van der Waals surface area contributed by atoms with Gasteiger partial charge in [0.2, 0.25) is 0 Å². The SMILES string of the molecule is C=C(NC)c1ccc(N2CCN(CC(N)c3ccc(C#N)cc3)C[C@H]2c2ccc(C)cc2)c(C)c1. The lowest BCUT2D eigenvalue weighted by Crippen LogP contribution is -2.50. The standard InChI is InChI=1S/C30H35N5/c1-21-5-9-26(10-6-21)30-20-34(19-28(32)25-11-7-24(18-31)8-12-25)15-16-35(30)29-14-13-27(17-22(29)2)23(3)33-4/h5-14,17,28,30,33H,3,15-16,19-20,32H2,1-2,4H3/t28?,30-/m0/s1. The second kappa shape index (κ2) is 10.8. The summed E-state index contributed by atoms with van der Waals surface area (Å²) < 4.78 is 0. The maximum absolute atomic E-state index is 9.07. The molecule has 35 heavy (non-hydrogen) atoms. The highest BCUT2D eigenvalue weighted by Gasteiger charge is 2.30. The van der Waals surface area contributed by atoms with Crippen molar-refractivity contribution in [2.24, 2.45) is 5.73 Å². The number of hydrogen-bond donors (Lipinski definition) is 2. The largest absolute Gasteiger partial charge is 0.388 e. The Kier molecular flexibility index (Phi) is 7.55. The number of nitrogens with one attached hydrogen (secondary N) is 1. The molecule has 0 bridgehead atoms. The van der Waals surface area contributed by atoms with Crippen LogP contribution >= 0.6 is 0 Å². The van der Waals surface area contributed by atoms with Gasteiger partial charge in [-0.15, -0.1) is 0 Å². The van der Waals surface area contributed by atoms with Crippen LogP contribution in [0.25, 0.3) is 5.70 Å². The second-order valence-electron chi connectivity index (χ2n) is 9.45. The first-order chi connectivity index (χ1) is 16.9. The van der Waals surface area contributed by atoms with Crippen LogP contribution in [0.5, 0.6) is 0 Å². The van der Waals surface area contributed by atoms with Crippen molar-refractivity contribution in [2.45, 2.75) is 25.9 Å². The minimum Gasteiger partial charge on any atom is -0.388 e. The van der Waals surface area contributed by atoms with E-state index >= 15 is 0 Å². The average Bonchev–Trinajstić information content (AvgIpc) is 2.88. The van der Waals surface area contributed by atoms with Gasteiger partial charge in [-0.05, 0) is 60.4 Å². The molecule has 0 spiro atoms. The molecule has 1 aliphatic rings. The fraction of sp³-hybridized carbons (Fsp3) is 0.300. The van der Waals surface area contributed by atoms with Gasteiger partial charge in [-0.1, -0.05) is 54.6 Å². The predicted molar refractivity (Wildman–Crippen MR) is 145 cm³/mol. The molecule has 2 atom stereocenters. The molecule has 180 valence electrons. The van der Waals surface area contributed by atoms with Crippen LogP contribution in [0.15, 0.2) is 73.3 Å². The summed E-state index contributed by atoms with van der Waals surface area (Å²) in [5.41, 5.74) is 15.5. The van der Waals surface area contributed by atoms with Crippen molar-refractivity contribution >= 4 is 11.4 Å². The van der Waals surface area contributed by atoms with Crippen LogP contribution in [0, 0.1) is 25.2 Å². The number of anilines is 1. The summed E-state index contributed by atoms with van der Waals surface area (Å²) >= 11 is 0. The summed E-state index contributed by atoms with van der Waals surface area (Å²) in [6.45, 7) is 12.0. The average molecular weight is 466 g/mol. The summed E-state index contributed by atoms with van der Waals surface area (Å²) in [5.74, 6) is 0. The molecule has 3 aromatic rings. The van der Waals surface area contributed by atoms with E-state index in [0.29, 0.717) is 5.56 Å². The van der Waals surface area contributed by atoms with Crippen LogP contribution in [0.3, 0.4) is 0 Å². The monoisotopic (exact) mass is 465 g/mol. The first kappa shape index (κ1) is 24.5. The fourth-order valence-corrected chi connectivity index (χ4v) is 4.87. The van der Waals surface area contributed by atoms with Crippen LogP contribution in [0.2, 0.25) is 0 Å². The van der Waals surface area contributed by atoms with E-state index in [0.717, 1.165) is 43.0 Å². The highest BCUT2D eigenvalue weighted by atomic mass is 15.3. The highest BCUT2D eigenvalue weighted by molar-refractivity contribution is 5.67. The zero-order valence-corrected chi connectivity index (χ0v) is 21.0. The van der Waals surface area contributed by atoms with Crippen molar-refractivity contribution < 1.29 is 0 Å². The molecule has 4 rings (SSSR count). The van der Waals surface area contributed by atoms with Crippen LogP contribution in [0.1, 0.15) is 45.5 Å². The van der Waals surface area contributed by atoms with Gasteiger partial charge in [0.25, 0.3) is 0 Å². The molecule has 0 radical (unpaired) electrons. The Bertz CT molecular complexity index is 1210. The van der Waals surface area contributed by atoms with E-state index in [1.54, 1.807) is 0 Å². The van der Waals surface area contributed by atoms with Gasteiger partial charge in [-0.3, -0.25) is 4.90 Å². The number of nitriles is 1. The Balaban J connectivity index is 1.58. The fourth-order valence-electron chi connectivity index (χ4n) is 4.87. The number of rotatable bonds is 7. The number of hydrogen-bond acceptors (Lipinski definition) is 5. The smallest absolute Gasteiger partial charge is 0.0991 e. The summed E-state index contributed by atoms with van der Waals surface area (Å²) in [5, 5.41) is 12.2. The van der Waals surface area contributed by atoms with E-state index < -0.39 is 0 Å². The van der Waals surface area contributed by atoms with E-state index in [-0.39, 0.29) is 12.1 Å². The lowest BCUT2D eigenvalue weighted by Gasteiger charge is -2.44. The number of benzene rings is 3. The van der Waals surface area contributed by atoms with E-state index in [1.165, 1.54) is 22.4 Å². The molecule has 5 heteroatoms. The van der Waals surface area contributed by atoms with Crippen molar-refractivity contribution in [1.82, 2.24) is 10.2 Å². The maximum Gasteiger partial charge on any atom is 0.0991 e. The minimum absolute atomic E-state index is 0.0958. The van der Waals surface area contributed by atoms with Gasteiger partial charge >= 0.3 is 0 Å². The Hall–Kier alpha value is -3.59. The van der Waals surface area contributed by atoms with Gasteiger partial charge in [-0.25, -0.2) is 0 Å². The van der Waals surface area contributed by atoms with Gasteiger partial charge in [-0.2, -0.15) is 5.26 Å². The molecule has 0 aromatic heterocycles. The molecule has 1 unspecified atom stereocenters. The van der Waals surface area contributed by atoms with Crippen LogP contribution in [-0.4, -0.2) is 38.1 Å². The van der Waals surface area contributed by atoms with Crippen molar-refractivity contribution in [3.63, 3.8) is 0 Å². The summed E-state index contributed by atoms with van der Waals surface area (Å²) in [7, 11) is 1.90. The molecular formula is C30H35N5. The van der Waals surface area contributed by atoms with Gasteiger partial charge in [0.15, 0.2) is 0 Å². The second-order valence-corrected chi connectivity index (χ2v) is 9.45. The van der Waals surface area contributed by atoms with Gasteiger partial charge in [0.1, 0.15) is 0 Å². The lowest BCUT2D eigenvalue weighted by atomic mass is 9.97. The maximum atomic E-state index is 9.07. The van der Waals surface area contributed by atoms with Gasteiger partial charge in [0.05, 0.1) is 17.7 Å². The number of aryl methyl sites for hydroxylation is 2. The van der Waals surface area contributed by atoms with E-state index in [9.17, 15) is 0 Å². The van der Waals surface area contributed by atoms with Crippen molar-refractivity contribution in [3.8, 4) is 6.07 Å². The number of nitrogens with two attached hydrogens (primary N) is 1. The Morgan fingerprint density at radius 1 is 1.09 bits per heavy atom. The summed E-state index contributed by atoms with van der Waals surface area (Å²) in [6.07, 6.45) is 0. The number of piperazine rings is 1. The molecule has 1 aliphatic heterocycles. The molecular weight excluding hydrogens is 430 g/mol. The number of nitrogens with zero attached hydrogens (tertiary/aromatic N) is 3. The molecule has 0 saturated carbocycles. The highest BCUT2D eigenvalue weighted by Crippen LogP contribution is 2.34. The molecule has 0 amide bonds. The molecule has 1 fully saturated rings. The molecule has 3 N–H and O–H groups in total. The van der Waals surface area contributed by atoms with Gasteiger partial charge in [0, 0.05) is 50.7 Å². The summed E-state index contributed by atoms with van der Waals surface area (Å²) in [6, 6.07) is 25.4. The first-order valence-electron chi connectivity index (χ1n) is 12.2. The van der Waals surface area contributed by atoms with E-state index in [4.69, 9.17) is 11.0 Å². The predicted octanol–water partition coefficient (Wildman–Crippen LogP) is 4.93. The zero-order chi connectivity index (χ0) is 24.9. The topological polar surface area (TPSA) is 68.3 Å². The third-order valence-electron chi connectivity index (χ3n) is 7.01. The molecule has 3 aromatic carbocycles. The first-order valence-corrected chi connectivity index (χ1v) is 12.2. The van der Waals surface area contributed by atoms with Crippen molar-refractivity contribution in [1.29, 1.82) is 5.26 Å². The molecule has 1 saturated heterocycles. The van der Waals surface area contributed by atoms with Gasteiger partial charge < -0.3 is 16.0 Å². The minimum atomic E-state index is -0.0958. The lowest BCUT2D eigenvalue weighted by molar-refractivity contribution is 0.211. The third kappa shape index (κ3) is 5.57. The molecule has 0 aliphatic carbocycles. The van der Waals surface area contributed by atoms with E-state index in [2.05, 4.69) is 84.1 Å². The quantitative estimate of drug-likeness (QED) is 0.518. The van der Waals surface area contributed by atoms with Crippen LogP contribution < -0.4 is 16.0 Å². The Morgan fingerprint density at radius 3 is 2.43 bits per heavy atom.